The molecule has 0 spiro atoms. The predicted molar refractivity (Wildman–Crippen MR) is 171 cm³/mol. The molecule has 0 unspecified atom stereocenters. The van der Waals surface area contributed by atoms with Gasteiger partial charge in [0.2, 0.25) is 27.7 Å². The van der Waals surface area contributed by atoms with E-state index in [0.717, 1.165) is 12.8 Å². The molecule has 3 aliphatic heterocycles. The van der Waals surface area contributed by atoms with Crippen molar-refractivity contribution in [3.63, 3.8) is 0 Å². The van der Waals surface area contributed by atoms with Crippen molar-refractivity contribution in [3.8, 4) is 0 Å². The number of sulfonamides is 1. The van der Waals surface area contributed by atoms with Gasteiger partial charge in [0.15, 0.2) is 0 Å². The number of nitrogens with one attached hydrogen (secondary N) is 3. The monoisotopic (exact) mass is 703 g/mol. The van der Waals surface area contributed by atoms with E-state index in [9.17, 15) is 41.9 Å². The zero-order valence-electron chi connectivity index (χ0n) is 27.1. The van der Waals surface area contributed by atoms with Crippen LogP contribution >= 0.6 is 0 Å². The van der Waals surface area contributed by atoms with E-state index >= 15 is 0 Å². The van der Waals surface area contributed by atoms with E-state index in [0.29, 0.717) is 36.8 Å². The number of hydrogen-bond acceptors (Lipinski definition) is 9. The van der Waals surface area contributed by atoms with Crippen LogP contribution in [-0.4, -0.2) is 95.2 Å². The maximum absolute atomic E-state index is 14.3. The quantitative estimate of drug-likeness (QED) is 0.302. The van der Waals surface area contributed by atoms with Gasteiger partial charge in [-0.05, 0) is 50.2 Å². The van der Waals surface area contributed by atoms with Gasteiger partial charge in [-0.15, -0.1) is 0 Å². The largest absolute Gasteiger partial charge is 0.444 e. The molecule has 3 heterocycles. The first-order chi connectivity index (χ1) is 23.4. The molecule has 5 amide bonds. The number of rotatable bonds is 7. The molecule has 5 atom stereocenters. The van der Waals surface area contributed by atoms with Crippen molar-refractivity contribution in [2.75, 3.05) is 13.2 Å². The number of aliphatic hydroxyl groups excluding tert-OH is 1. The highest BCUT2D eigenvalue weighted by Crippen LogP contribution is 2.46. The van der Waals surface area contributed by atoms with Gasteiger partial charge in [-0.1, -0.05) is 37.1 Å². The summed E-state index contributed by atoms with van der Waals surface area (Å²) in [5.41, 5.74) is -0.526. The fraction of sp³-hybridized carbons (Fsp3) is 0.606. The van der Waals surface area contributed by atoms with Gasteiger partial charge in [0, 0.05) is 30.9 Å². The summed E-state index contributed by atoms with van der Waals surface area (Å²) in [6.07, 6.45) is 5.67. The fourth-order valence-electron chi connectivity index (χ4n) is 6.94. The number of hydrogen-bond donors (Lipinski definition) is 4. The molecule has 3 fully saturated rings. The molecule has 49 heavy (non-hydrogen) atoms. The molecule has 0 bridgehead atoms. The van der Waals surface area contributed by atoms with Crippen LogP contribution in [-0.2, 0) is 47.0 Å². The third-order valence-corrected chi connectivity index (χ3v) is 11.8. The SMILES string of the molecule is O=C(CCO)N[C@H]1CCCCC/C=C\[C@@H]2C[C@@]2(C(=O)NS(=O)(=O)C2CC2)NC(=O)[C@@H]2C[C@@H](OC(=O)N3Cc4cccc(F)c4C3)CN2C1=O. The number of nitrogens with zero attached hydrogens (tertiary/aromatic N) is 2. The molecule has 266 valence electrons. The Balaban J connectivity index is 1.24. The minimum Gasteiger partial charge on any atom is -0.444 e. The number of amides is 5. The van der Waals surface area contributed by atoms with Gasteiger partial charge in [-0.3, -0.25) is 28.8 Å². The number of carbonyl (C=O) groups is 5. The van der Waals surface area contributed by atoms with Gasteiger partial charge < -0.3 is 25.4 Å². The summed E-state index contributed by atoms with van der Waals surface area (Å²) in [7, 11) is -3.92. The average Bonchev–Trinajstić information content (AvgIpc) is 3.94. The molecule has 0 radical (unpaired) electrons. The Morgan fingerprint density at radius 1 is 1.10 bits per heavy atom. The Bertz CT molecular complexity index is 1650. The molecule has 0 aromatic heterocycles. The number of allylic oxidation sites excluding steroid dienone is 1. The molecule has 16 heteroatoms. The van der Waals surface area contributed by atoms with E-state index in [2.05, 4.69) is 15.4 Å². The Morgan fingerprint density at radius 3 is 2.63 bits per heavy atom. The molecule has 2 aliphatic carbocycles. The van der Waals surface area contributed by atoms with Gasteiger partial charge >= 0.3 is 6.09 Å². The molecule has 1 aromatic rings. The summed E-state index contributed by atoms with van der Waals surface area (Å²) >= 11 is 0. The van der Waals surface area contributed by atoms with Crippen molar-refractivity contribution in [2.45, 2.75) is 106 Å². The number of ether oxygens (including phenoxy) is 1. The van der Waals surface area contributed by atoms with Crippen LogP contribution < -0.4 is 15.4 Å². The van der Waals surface area contributed by atoms with Gasteiger partial charge in [-0.25, -0.2) is 17.6 Å². The first kappa shape index (κ1) is 34.8. The Kier molecular flexibility index (Phi) is 9.98. The van der Waals surface area contributed by atoms with E-state index in [-0.39, 0.29) is 45.3 Å². The Morgan fingerprint density at radius 2 is 1.90 bits per heavy atom. The van der Waals surface area contributed by atoms with Gasteiger partial charge in [0.05, 0.1) is 24.9 Å². The minimum atomic E-state index is -3.92. The van der Waals surface area contributed by atoms with E-state index in [1.807, 2.05) is 6.08 Å². The van der Waals surface area contributed by atoms with Crippen molar-refractivity contribution in [2.24, 2.45) is 5.92 Å². The van der Waals surface area contributed by atoms with Crippen molar-refractivity contribution >= 4 is 39.7 Å². The number of fused-ring (bicyclic) bond motifs is 3. The van der Waals surface area contributed by atoms with Crippen LogP contribution in [0.25, 0.3) is 0 Å². The maximum Gasteiger partial charge on any atom is 0.410 e. The number of carbonyl (C=O) groups excluding carboxylic acids is 5. The Hall–Kier alpha value is -4.05. The lowest BCUT2D eigenvalue weighted by molar-refractivity contribution is -0.142. The number of aliphatic hydroxyl groups is 1. The number of halogens is 1. The second-order valence-electron chi connectivity index (χ2n) is 13.6. The van der Waals surface area contributed by atoms with Crippen molar-refractivity contribution in [1.29, 1.82) is 0 Å². The second-order valence-corrected chi connectivity index (χ2v) is 15.5. The molecule has 14 nitrogen and oxygen atoms in total. The van der Waals surface area contributed by atoms with Gasteiger partial charge in [0.25, 0.3) is 5.91 Å². The molecule has 5 aliphatic rings. The van der Waals surface area contributed by atoms with Gasteiger partial charge in [-0.2, -0.15) is 0 Å². The van der Waals surface area contributed by atoms with E-state index in [4.69, 9.17) is 4.74 Å². The normalized spacial score (nSPS) is 29.3. The molecule has 1 saturated heterocycles. The summed E-state index contributed by atoms with van der Waals surface area (Å²) in [6.45, 7) is -0.490. The minimum absolute atomic E-state index is 0.00458. The summed E-state index contributed by atoms with van der Waals surface area (Å²) in [5.74, 6) is -3.62. The van der Waals surface area contributed by atoms with Crippen LogP contribution in [0.3, 0.4) is 0 Å². The topological polar surface area (TPSA) is 192 Å². The standard InChI is InChI=1S/C33H42FN5O9S/c34-25-9-6-7-20-17-38(19-24(20)25)32(45)48-22-15-27-29(42)36-33(31(44)37-49(46,47)23-11-12-23)16-21(33)8-4-2-1-3-5-10-26(30(43)39(27)18-22)35-28(41)13-14-40/h4,6-9,21-23,26-27,40H,1-3,5,10-19H2,(H,35,41)(H,36,42)(H,37,44)/b8-4-/t21-,22-,26+,27+,33-/m1/s1. The van der Waals surface area contributed by atoms with E-state index in [1.54, 1.807) is 18.2 Å². The summed E-state index contributed by atoms with van der Waals surface area (Å²) < 4.78 is 47.7. The molecular weight excluding hydrogens is 661 g/mol. The van der Waals surface area contributed by atoms with Crippen molar-refractivity contribution in [1.82, 2.24) is 25.2 Å². The lowest BCUT2D eigenvalue weighted by Gasteiger charge is -2.30. The van der Waals surface area contributed by atoms with E-state index < -0.39 is 87.1 Å². The summed E-state index contributed by atoms with van der Waals surface area (Å²) in [4.78, 5) is 70.0. The molecule has 1 aromatic carbocycles. The van der Waals surface area contributed by atoms with Crippen molar-refractivity contribution in [3.05, 3.63) is 47.3 Å². The van der Waals surface area contributed by atoms with Crippen LogP contribution in [0.1, 0.15) is 75.3 Å². The van der Waals surface area contributed by atoms with Gasteiger partial charge in [0.1, 0.15) is 29.5 Å². The third-order valence-electron chi connectivity index (χ3n) is 9.97. The highest BCUT2D eigenvalue weighted by atomic mass is 32.2. The van der Waals surface area contributed by atoms with Crippen LogP contribution in [0.2, 0.25) is 0 Å². The summed E-state index contributed by atoms with van der Waals surface area (Å²) in [6, 6.07) is 2.32. The highest BCUT2D eigenvalue weighted by Gasteiger charge is 2.62. The molecule has 6 rings (SSSR count). The fourth-order valence-corrected chi connectivity index (χ4v) is 8.31. The first-order valence-electron chi connectivity index (χ1n) is 16.9. The Labute approximate surface area is 283 Å². The lowest BCUT2D eigenvalue weighted by atomic mass is 10.0. The van der Waals surface area contributed by atoms with Crippen LogP contribution in [0.15, 0.2) is 30.4 Å². The predicted octanol–water partition coefficient (Wildman–Crippen LogP) is 1.12. The zero-order chi connectivity index (χ0) is 34.9. The highest BCUT2D eigenvalue weighted by molar-refractivity contribution is 7.91. The maximum atomic E-state index is 14.3. The van der Waals surface area contributed by atoms with Crippen molar-refractivity contribution < 1.29 is 46.6 Å². The molecule has 4 N–H and O–H groups in total. The van der Waals surface area contributed by atoms with Crippen LogP contribution in [0.4, 0.5) is 9.18 Å². The zero-order valence-corrected chi connectivity index (χ0v) is 27.9. The first-order valence-corrected chi connectivity index (χ1v) is 18.4. The number of benzene rings is 1. The lowest BCUT2D eigenvalue weighted by Crippen LogP contribution is -2.58. The molecular formula is C33H42FN5O9S. The molecule has 2 saturated carbocycles. The van der Waals surface area contributed by atoms with Crippen LogP contribution in [0, 0.1) is 11.7 Å². The summed E-state index contributed by atoms with van der Waals surface area (Å²) in [5, 5.41) is 14.1. The second kappa shape index (κ2) is 14.1. The van der Waals surface area contributed by atoms with E-state index in [1.165, 1.54) is 15.9 Å². The smallest absolute Gasteiger partial charge is 0.410 e. The average molecular weight is 704 g/mol. The third kappa shape index (κ3) is 7.59. The van der Waals surface area contributed by atoms with Crippen LogP contribution in [0.5, 0.6) is 0 Å².